The van der Waals surface area contributed by atoms with E-state index < -0.39 is 0 Å². The van der Waals surface area contributed by atoms with Gasteiger partial charge in [-0.3, -0.25) is 0 Å². The van der Waals surface area contributed by atoms with Gasteiger partial charge in [-0.1, -0.05) is 23.7 Å². The summed E-state index contributed by atoms with van der Waals surface area (Å²) in [5.41, 5.74) is 0.895. The smallest absolute Gasteiger partial charge is 0.134 e. The van der Waals surface area contributed by atoms with E-state index in [2.05, 4.69) is 5.32 Å². The van der Waals surface area contributed by atoms with Crippen LogP contribution in [0.4, 0.5) is 0 Å². The SMILES string of the molecule is Oc1cccc(C2COCCN2)c1Cl. The molecule has 0 saturated carbocycles. The first kappa shape index (κ1) is 9.77. The highest BCUT2D eigenvalue weighted by Crippen LogP contribution is 2.31. The summed E-state index contributed by atoms with van der Waals surface area (Å²) in [6, 6.07) is 5.35. The van der Waals surface area contributed by atoms with Crippen LogP contribution in [0.3, 0.4) is 0 Å². The summed E-state index contributed by atoms with van der Waals surface area (Å²) < 4.78 is 5.33. The Morgan fingerprint density at radius 2 is 2.36 bits per heavy atom. The number of morpholine rings is 1. The van der Waals surface area contributed by atoms with E-state index in [-0.39, 0.29) is 11.8 Å². The van der Waals surface area contributed by atoms with Crippen molar-refractivity contribution >= 4 is 11.6 Å². The number of benzene rings is 1. The lowest BCUT2D eigenvalue weighted by molar-refractivity contribution is 0.0768. The van der Waals surface area contributed by atoms with Crippen LogP contribution in [0, 0.1) is 0 Å². The molecule has 0 bridgehead atoms. The van der Waals surface area contributed by atoms with E-state index in [0.29, 0.717) is 11.6 Å². The Balaban J connectivity index is 2.26. The molecule has 0 amide bonds. The monoisotopic (exact) mass is 213 g/mol. The third kappa shape index (κ3) is 1.85. The highest BCUT2D eigenvalue weighted by atomic mass is 35.5. The first-order valence-corrected chi connectivity index (χ1v) is 4.95. The van der Waals surface area contributed by atoms with Gasteiger partial charge in [0.2, 0.25) is 0 Å². The summed E-state index contributed by atoms with van der Waals surface area (Å²) in [5.74, 6) is 0.122. The molecule has 1 unspecified atom stereocenters. The zero-order valence-corrected chi connectivity index (χ0v) is 8.42. The van der Waals surface area contributed by atoms with Gasteiger partial charge in [0.05, 0.1) is 24.3 Å². The number of ether oxygens (including phenoxy) is 1. The number of phenolic OH excluding ortho intramolecular Hbond substituents is 1. The lowest BCUT2D eigenvalue weighted by Crippen LogP contribution is -2.34. The molecule has 4 heteroatoms. The molecule has 0 radical (unpaired) electrons. The normalized spacial score (nSPS) is 22.2. The molecule has 1 fully saturated rings. The van der Waals surface area contributed by atoms with Crippen molar-refractivity contribution in [2.45, 2.75) is 6.04 Å². The Kier molecular flexibility index (Phi) is 2.91. The van der Waals surface area contributed by atoms with E-state index in [1.807, 2.05) is 6.07 Å². The molecule has 1 heterocycles. The second-order valence-corrected chi connectivity index (χ2v) is 3.64. The molecule has 2 rings (SSSR count). The number of nitrogens with one attached hydrogen (secondary N) is 1. The minimum absolute atomic E-state index is 0.0864. The molecule has 1 saturated heterocycles. The van der Waals surface area contributed by atoms with Gasteiger partial charge in [-0.05, 0) is 11.6 Å². The van der Waals surface area contributed by atoms with Gasteiger partial charge in [0.1, 0.15) is 5.75 Å². The number of rotatable bonds is 1. The Labute approximate surface area is 87.6 Å². The molecule has 3 nitrogen and oxygen atoms in total. The summed E-state index contributed by atoms with van der Waals surface area (Å²) in [6.07, 6.45) is 0. The van der Waals surface area contributed by atoms with Crippen molar-refractivity contribution in [1.29, 1.82) is 0 Å². The van der Waals surface area contributed by atoms with Crippen molar-refractivity contribution in [1.82, 2.24) is 5.32 Å². The molecule has 1 aromatic rings. The summed E-state index contributed by atoms with van der Waals surface area (Å²) in [7, 11) is 0. The van der Waals surface area contributed by atoms with Gasteiger partial charge in [0.15, 0.2) is 0 Å². The van der Waals surface area contributed by atoms with Crippen molar-refractivity contribution < 1.29 is 9.84 Å². The predicted octanol–water partition coefficient (Wildman–Crippen LogP) is 1.71. The fourth-order valence-corrected chi connectivity index (χ4v) is 1.83. The van der Waals surface area contributed by atoms with E-state index in [1.54, 1.807) is 12.1 Å². The molecule has 1 aliphatic heterocycles. The van der Waals surface area contributed by atoms with Crippen LogP contribution < -0.4 is 5.32 Å². The molecular weight excluding hydrogens is 202 g/mol. The fourth-order valence-electron chi connectivity index (χ4n) is 1.57. The van der Waals surface area contributed by atoms with Gasteiger partial charge in [-0.25, -0.2) is 0 Å². The Morgan fingerprint density at radius 3 is 3.07 bits per heavy atom. The lowest BCUT2D eigenvalue weighted by Gasteiger charge is -2.25. The lowest BCUT2D eigenvalue weighted by atomic mass is 10.1. The van der Waals surface area contributed by atoms with Crippen molar-refractivity contribution in [2.75, 3.05) is 19.8 Å². The molecule has 1 atom stereocenters. The fraction of sp³-hybridized carbons (Fsp3) is 0.400. The summed E-state index contributed by atoms with van der Waals surface area (Å²) in [5, 5.41) is 13.1. The molecule has 1 aromatic carbocycles. The quantitative estimate of drug-likeness (QED) is 0.746. The van der Waals surface area contributed by atoms with Crippen LogP contribution in [0.15, 0.2) is 18.2 Å². The van der Waals surface area contributed by atoms with Crippen LogP contribution in [0.5, 0.6) is 5.75 Å². The topological polar surface area (TPSA) is 41.5 Å². The molecule has 2 N–H and O–H groups in total. The Morgan fingerprint density at radius 1 is 1.50 bits per heavy atom. The predicted molar refractivity (Wildman–Crippen MR) is 54.7 cm³/mol. The molecule has 0 aliphatic carbocycles. The van der Waals surface area contributed by atoms with Crippen molar-refractivity contribution in [3.63, 3.8) is 0 Å². The second kappa shape index (κ2) is 4.17. The molecule has 0 spiro atoms. The van der Waals surface area contributed by atoms with Gasteiger partial charge in [-0.15, -0.1) is 0 Å². The molecule has 0 aromatic heterocycles. The number of hydrogen-bond donors (Lipinski definition) is 2. The van der Waals surface area contributed by atoms with E-state index in [0.717, 1.165) is 18.7 Å². The summed E-state index contributed by atoms with van der Waals surface area (Å²) >= 11 is 5.98. The third-order valence-electron chi connectivity index (χ3n) is 2.31. The standard InChI is InChI=1S/C10H12ClNO2/c11-10-7(2-1-3-9(10)13)8-6-14-5-4-12-8/h1-3,8,12-13H,4-6H2. The molecule has 14 heavy (non-hydrogen) atoms. The zero-order valence-electron chi connectivity index (χ0n) is 7.66. The average Bonchev–Trinajstić information content (AvgIpc) is 2.23. The minimum atomic E-state index is 0.0864. The van der Waals surface area contributed by atoms with Crippen molar-refractivity contribution in [3.05, 3.63) is 28.8 Å². The van der Waals surface area contributed by atoms with Crippen LogP contribution in [-0.4, -0.2) is 24.9 Å². The minimum Gasteiger partial charge on any atom is -0.506 e. The average molecular weight is 214 g/mol. The van der Waals surface area contributed by atoms with Gasteiger partial charge in [0.25, 0.3) is 0 Å². The second-order valence-electron chi connectivity index (χ2n) is 3.26. The van der Waals surface area contributed by atoms with Gasteiger partial charge >= 0.3 is 0 Å². The summed E-state index contributed by atoms with van der Waals surface area (Å²) in [4.78, 5) is 0. The van der Waals surface area contributed by atoms with E-state index in [1.165, 1.54) is 0 Å². The largest absolute Gasteiger partial charge is 0.506 e. The third-order valence-corrected chi connectivity index (χ3v) is 2.72. The van der Waals surface area contributed by atoms with E-state index in [4.69, 9.17) is 16.3 Å². The van der Waals surface area contributed by atoms with Gasteiger partial charge in [0, 0.05) is 6.54 Å². The number of hydrogen-bond acceptors (Lipinski definition) is 3. The maximum Gasteiger partial charge on any atom is 0.134 e. The van der Waals surface area contributed by atoms with Crippen molar-refractivity contribution in [2.24, 2.45) is 0 Å². The van der Waals surface area contributed by atoms with E-state index in [9.17, 15) is 5.11 Å². The highest BCUT2D eigenvalue weighted by molar-refractivity contribution is 6.32. The van der Waals surface area contributed by atoms with Crippen LogP contribution in [0.25, 0.3) is 0 Å². The molecular formula is C10H12ClNO2. The highest BCUT2D eigenvalue weighted by Gasteiger charge is 2.18. The van der Waals surface area contributed by atoms with Crippen LogP contribution >= 0.6 is 11.6 Å². The number of halogens is 1. The molecule has 1 aliphatic rings. The van der Waals surface area contributed by atoms with Crippen LogP contribution in [-0.2, 0) is 4.74 Å². The Hall–Kier alpha value is -0.770. The first-order chi connectivity index (χ1) is 6.79. The number of aromatic hydroxyl groups is 1. The van der Waals surface area contributed by atoms with Gasteiger partial charge < -0.3 is 15.2 Å². The molecule has 76 valence electrons. The maximum absolute atomic E-state index is 9.43. The number of phenols is 1. The van der Waals surface area contributed by atoms with E-state index >= 15 is 0 Å². The maximum atomic E-state index is 9.43. The Bertz CT molecular complexity index is 324. The first-order valence-electron chi connectivity index (χ1n) is 4.57. The van der Waals surface area contributed by atoms with Crippen molar-refractivity contribution in [3.8, 4) is 5.75 Å². The summed E-state index contributed by atoms with van der Waals surface area (Å²) in [6.45, 7) is 2.15. The van der Waals surface area contributed by atoms with Crippen LogP contribution in [0.1, 0.15) is 11.6 Å². The van der Waals surface area contributed by atoms with Gasteiger partial charge in [-0.2, -0.15) is 0 Å². The zero-order chi connectivity index (χ0) is 9.97. The van der Waals surface area contributed by atoms with Crippen LogP contribution in [0.2, 0.25) is 5.02 Å².